The Kier molecular flexibility index (Phi) is 3.27. The van der Waals surface area contributed by atoms with Crippen LogP contribution in [0.25, 0.3) is 0 Å². The highest BCUT2D eigenvalue weighted by atomic mass is 28.3. The zero-order valence-electron chi connectivity index (χ0n) is 9.24. The van der Waals surface area contributed by atoms with Gasteiger partial charge < -0.3 is 14.9 Å². The zero-order valence-corrected chi connectivity index (χ0v) is 10.2. The van der Waals surface area contributed by atoms with Gasteiger partial charge >= 0.3 is 0 Å². The van der Waals surface area contributed by atoms with E-state index >= 15 is 0 Å². The molecule has 15 heavy (non-hydrogen) atoms. The van der Waals surface area contributed by atoms with Crippen molar-refractivity contribution >= 4 is 8.07 Å². The van der Waals surface area contributed by atoms with Gasteiger partial charge in [0.1, 0.15) is 14.2 Å². The van der Waals surface area contributed by atoms with Crippen LogP contribution in [0, 0.1) is 23.8 Å². The van der Waals surface area contributed by atoms with Crippen molar-refractivity contribution in [1.29, 1.82) is 0 Å². The van der Waals surface area contributed by atoms with Crippen molar-refractivity contribution in [2.45, 2.75) is 37.5 Å². The van der Waals surface area contributed by atoms with E-state index in [4.69, 9.17) is 16.3 Å². The van der Waals surface area contributed by atoms with Gasteiger partial charge in [-0.3, -0.25) is 0 Å². The van der Waals surface area contributed by atoms with E-state index in [-0.39, 0.29) is 0 Å². The number of ether oxygens (including phenoxy) is 1. The molecule has 0 bridgehead atoms. The minimum absolute atomic E-state index is 0.390. The molecule has 0 aromatic rings. The normalized spacial score (nSPS) is 31.1. The SMILES string of the molecule is C#C[C@H]1O[C@]1(C#C[Si](C)(C)C)[C@H](O)CO. The third kappa shape index (κ3) is 2.62. The first-order chi connectivity index (χ1) is 6.85. The molecule has 1 aliphatic rings. The van der Waals surface area contributed by atoms with Crippen molar-refractivity contribution in [2.24, 2.45) is 0 Å². The van der Waals surface area contributed by atoms with Crippen LogP contribution in [0.15, 0.2) is 0 Å². The number of terminal acetylenes is 1. The molecular formula is C11H16O3Si. The number of hydrogen-bond donors (Lipinski definition) is 2. The summed E-state index contributed by atoms with van der Waals surface area (Å²) in [5, 5.41) is 18.5. The van der Waals surface area contributed by atoms with E-state index in [1.807, 2.05) is 0 Å². The van der Waals surface area contributed by atoms with Crippen LogP contribution >= 0.6 is 0 Å². The van der Waals surface area contributed by atoms with Crippen LogP contribution in [-0.4, -0.2) is 42.7 Å². The van der Waals surface area contributed by atoms with Crippen LogP contribution < -0.4 is 0 Å². The molecule has 1 aliphatic heterocycles. The average Bonchev–Trinajstić information content (AvgIpc) is 2.88. The number of aliphatic hydroxyl groups excluding tert-OH is 2. The van der Waals surface area contributed by atoms with Crippen molar-refractivity contribution < 1.29 is 14.9 Å². The van der Waals surface area contributed by atoms with Gasteiger partial charge in [-0.05, 0) is 0 Å². The lowest BCUT2D eigenvalue weighted by Crippen LogP contribution is -2.34. The summed E-state index contributed by atoms with van der Waals surface area (Å²) in [6.07, 6.45) is 3.69. The smallest absolute Gasteiger partial charge is 0.194 e. The largest absolute Gasteiger partial charge is 0.394 e. The summed E-state index contributed by atoms with van der Waals surface area (Å²) < 4.78 is 5.20. The predicted octanol–water partition coefficient (Wildman–Crippen LogP) is -0.00880. The molecule has 1 heterocycles. The van der Waals surface area contributed by atoms with E-state index in [2.05, 4.69) is 37.0 Å². The number of aliphatic hydroxyl groups is 2. The van der Waals surface area contributed by atoms with Crippen molar-refractivity contribution in [1.82, 2.24) is 0 Å². The fraction of sp³-hybridized carbons (Fsp3) is 0.636. The minimum Gasteiger partial charge on any atom is -0.394 e. The molecule has 3 atom stereocenters. The summed E-state index contributed by atoms with van der Waals surface area (Å²) >= 11 is 0. The van der Waals surface area contributed by atoms with Crippen LogP contribution in [0.5, 0.6) is 0 Å². The Balaban J connectivity index is 2.87. The maximum Gasteiger partial charge on any atom is 0.194 e. The van der Waals surface area contributed by atoms with E-state index in [1.165, 1.54) is 0 Å². The Morgan fingerprint density at radius 2 is 2.13 bits per heavy atom. The molecule has 0 aromatic heterocycles. The van der Waals surface area contributed by atoms with Crippen molar-refractivity contribution in [2.75, 3.05) is 6.61 Å². The molecule has 0 aliphatic carbocycles. The molecular weight excluding hydrogens is 208 g/mol. The summed E-state index contributed by atoms with van der Waals surface area (Å²) in [5.41, 5.74) is 2.08. The number of rotatable bonds is 2. The molecule has 0 spiro atoms. The Morgan fingerprint density at radius 3 is 2.47 bits per heavy atom. The van der Waals surface area contributed by atoms with Gasteiger partial charge in [-0.2, -0.15) is 0 Å². The third-order valence-electron chi connectivity index (χ3n) is 2.10. The fourth-order valence-corrected chi connectivity index (χ4v) is 1.74. The summed E-state index contributed by atoms with van der Waals surface area (Å²) in [6.45, 7) is 5.88. The van der Waals surface area contributed by atoms with E-state index in [0.29, 0.717) is 0 Å². The fourth-order valence-electron chi connectivity index (χ4n) is 1.17. The third-order valence-corrected chi connectivity index (χ3v) is 2.97. The first-order valence-corrected chi connectivity index (χ1v) is 8.33. The van der Waals surface area contributed by atoms with E-state index in [9.17, 15) is 5.11 Å². The van der Waals surface area contributed by atoms with Gasteiger partial charge in [0.25, 0.3) is 0 Å². The van der Waals surface area contributed by atoms with E-state index < -0.39 is 32.5 Å². The Labute approximate surface area is 91.5 Å². The van der Waals surface area contributed by atoms with Crippen LogP contribution in [0.4, 0.5) is 0 Å². The van der Waals surface area contributed by atoms with Crippen molar-refractivity contribution in [3.8, 4) is 23.8 Å². The Bertz CT molecular complexity index is 342. The highest BCUT2D eigenvalue weighted by molar-refractivity contribution is 6.83. The minimum atomic E-state index is -1.53. The summed E-state index contributed by atoms with van der Waals surface area (Å²) in [5.74, 6) is 5.30. The number of hydrogen-bond acceptors (Lipinski definition) is 3. The van der Waals surface area contributed by atoms with Gasteiger partial charge in [0.2, 0.25) is 0 Å². The molecule has 0 saturated carbocycles. The molecule has 1 fully saturated rings. The van der Waals surface area contributed by atoms with Crippen LogP contribution in [-0.2, 0) is 4.74 Å². The lowest BCUT2D eigenvalue weighted by molar-refractivity contribution is 0.0483. The second-order valence-electron chi connectivity index (χ2n) is 4.66. The lowest BCUT2D eigenvalue weighted by Gasteiger charge is -2.12. The second kappa shape index (κ2) is 4.00. The van der Waals surface area contributed by atoms with Crippen LogP contribution in [0.2, 0.25) is 19.6 Å². The standard InChI is InChI=1S/C11H16O3Si/c1-5-10-11(14-10,9(13)8-12)6-7-15(2,3)4/h1,9-10,12-13H,8H2,2-4H3/t9-,10-,11-/m1/s1. The van der Waals surface area contributed by atoms with Gasteiger partial charge in [0.15, 0.2) is 11.7 Å². The second-order valence-corrected chi connectivity index (χ2v) is 9.41. The zero-order chi connectivity index (χ0) is 11.7. The Morgan fingerprint density at radius 1 is 1.53 bits per heavy atom. The average molecular weight is 224 g/mol. The van der Waals surface area contributed by atoms with Crippen molar-refractivity contribution in [3.05, 3.63) is 0 Å². The van der Waals surface area contributed by atoms with E-state index in [0.717, 1.165) is 0 Å². The van der Waals surface area contributed by atoms with Crippen LogP contribution in [0.1, 0.15) is 0 Å². The topological polar surface area (TPSA) is 53.0 Å². The molecule has 0 unspecified atom stereocenters. The highest BCUT2D eigenvalue weighted by Gasteiger charge is 2.60. The predicted molar refractivity (Wildman–Crippen MR) is 60.7 cm³/mol. The molecule has 0 radical (unpaired) electrons. The molecule has 82 valence electrons. The first kappa shape index (κ1) is 12.3. The lowest BCUT2D eigenvalue weighted by atomic mass is 10.0. The number of epoxide rings is 1. The first-order valence-electron chi connectivity index (χ1n) is 4.83. The quantitative estimate of drug-likeness (QED) is 0.394. The highest BCUT2D eigenvalue weighted by Crippen LogP contribution is 2.38. The Hall–Kier alpha value is -0.783. The maximum atomic E-state index is 9.59. The molecule has 4 heteroatoms. The van der Waals surface area contributed by atoms with Gasteiger partial charge in [0, 0.05) is 0 Å². The van der Waals surface area contributed by atoms with Crippen LogP contribution in [0.3, 0.4) is 0 Å². The molecule has 0 aromatic carbocycles. The molecule has 1 rings (SSSR count). The molecule has 3 nitrogen and oxygen atoms in total. The van der Waals surface area contributed by atoms with Gasteiger partial charge in [-0.25, -0.2) is 0 Å². The summed E-state index contributed by atoms with van der Waals surface area (Å²) in [4.78, 5) is 0. The van der Waals surface area contributed by atoms with E-state index in [1.54, 1.807) is 0 Å². The van der Waals surface area contributed by atoms with Crippen molar-refractivity contribution in [3.63, 3.8) is 0 Å². The van der Waals surface area contributed by atoms with Gasteiger partial charge in [-0.15, -0.1) is 12.0 Å². The van der Waals surface area contributed by atoms with Gasteiger partial charge in [0.05, 0.1) is 6.61 Å². The summed E-state index contributed by atoms with van der Waals surface area (Å²) in [7, 11) is -1.53. The molecule has 2 N–H and O–H groups in total. The maximum absolute atomic E-state index is 9.59. The molecule has 0 amide bonds. The monoisotopic (exact) mass is 224 g/mol. The molecule has 1 saturated heterocycles. The van der Waals surface area contributed by atoms with Gasteiger partial charge in [-0.1, -0.05) is 31.5 Å². The summed E-state index contributed by atoms with van der Waals surface area (Å²) in [6, 6.07) is 0.